The van der Waals surface area contributed by atoms with E-state index >= 15 is 0 Å². The molecule has 8 nitrogen and oxygen atoms in total. The molecule has 3 aromatic carbocycles. The number of fused-ring (bicyclic) bond motifs is 1. The molecule has 0 unspecified atom stereocenters. The van der Waals surface area contributed by atoms with Gasteiger partial charge >= 0.3 is 0 Å². The molecule has 0 atom stereocenters. The Bertz CT molecular complexity index is 1340. The van der Waals surface area contributed by atoms with E-state index in [0.29, 0.717) is 45.3 Å². The first kappa shape index (κ1) is 21.9. The Balaban J connectivity index is 1.70. The van der Waals surface area contributed by atoms with E-state index in [1.807, 2.05) is 31.2 Å². The van der Waals surface area contributed by atoms with Crippen molar-refractivity contribution in [3.8, 4) is 22.9 Å². The lowest BCUT2D eigenvalue weighted by atomic mass is 10.1. The fourth-order valence-corrected chi connectivity index (χ4v) is 3.50. The number of imidazole rings is 1. The van der Waals surface area contributed by atoms with Gasteiger partial charge in [-0.2, -0.15) is 0 Å². The number of aryl methyl sites for hydroxylation is 1. The number of aromatic amines is 1. The Labute approximate surface area is 190 Å². The largest absolute Gasteiger partial charge is 0.493 e. The number of hydrogen-bond donors (Lipinski definition) is 3. The van der Waals surface area contributed by atoms with Crippen molar-refractivity contribution >= 4 is 34.2 Å². The maximum Gasteiger partial charge on any atom is 0.255 e. The van der Waals surface area contributed by atoms with E-state index in [-0.39, 0.29) is 11.8 Å². The van der Waals surface area contributed by atoms with E-state index in [1.165, 1.54) is 21.1 Å². The first-order valence-corrected chi connectivity index (χ1v) is 10.3. The van der Waals surface area contributed by atoms with Crippen molar-refractivity contribution < 1.29 is 19.1 Å². The molecule has 168 valence electrons. The summed E-state index contributed by atoms with van der Waals surface area (Å²) in [7, 11) is 3.04. The third-order valence-electron chi connectivity index (χ3n) is 5.13. The highest BCUT2D eigenvalue weighted by Gasteiger charge is 2.15. The molecule has 0 saturated carbocycles. The number of methoxy groups -OCH3 is 2. The highest BCUT2D eigenvalue weighted by atomic mass is 16.5. The van der Waals surface area contributed by atoms with Crippen LogP contribution in [-0.4, -0.2) is 36.0 Å². The molecule has 0 aliphatic rings. The second-order valence-corrected chi connectivity index (χ2v) is 7.58. The summed E-state index contributed by atoms with van der Waals surface area (Å²) in [6, 6.07) is 16.4. The zero-order valence-corrected chi connectivity index (χ0v) is 18.8. The zero-order chi connectivity index (χ0) is 23.5. The van der Waals surface area contributed by atoms with Crippen LogP contribution < -0.4 is 20.1 Å². The minimum atomic E-state index is -0.331. The van der Waals surface area contributed by atoms with Crippen LogP contribution in [0.4, 0.5) is 11.4 Å². The molecule has 33 heavy (non-hydrogen) atoms. The molecular weight excluding hydrogens is 420 g/mol. The Morgan fingerprint density at radius 1 is 0.909 bits per heavy atom. The summed E-state index contributed by atoms with van der Waals surface area (Å²) in [4.78, 5) is 32.6. The fraction of sp³-hybridized carbons (Fsp3) is 0.160. The van der Waals surface area contributed by atoms with Gasteiger partial charge in [0.15, 0.2) is 11.5 Å². The molecule has 0 aliphatic carbocycles. The SMILES string of the molecule is COc1ccc(C(=O)Nc2cc(NC(C)=O)c3nc(-c4ccc(C)cc4)[nH]c3c2)cc1OC. The average molecular weight is 444 g/mol. The van der Waals surface area contributed by atoms with Crippen LogP contribution in [0.25, 0.3) is 22.4 Å². The maximum absolute atomic E-state index is 12.9. The van der Waals surface area contributed by atoms with Crippen LogP contribution in [0.1, 0.15) is 22.8 Å². The third kappa shape index (κ3) is 4.64. The second kappa shape index (κ2) is 9.04. The molecule has 1 aromatic heterocycles. The topological polar surface area (TPSA) is 105 Å². The molecule has 4 rings (SSSR count). The van der Waals surface area contributed by atoms with Crippen molar-refractivity contribution in [2.75, 3.05) is 24.9 Å². The number of nitrogens with zero attached hydrogens (tertiary/aromatic N) is 1. The predicted molar refractivity (Wildman–Crippen MR) is 128 cm³/mol. The minimum absolute atomic E-state index is 0.237. The summed E-state index contributed by atoms with van der Waals surface area (Å²) in [5.41, 5.74) is 4.75. The summed E-state index contributed by atoms with van der Waals surface area (Å²) in [5, 5.41) is 5.67. The number of amides is 2. The van der Waals surface area contributed by atoms with Crippen LogP contribution in [0, 0.1) is 6.92 Å². The first-order chi connectivity index (χ1) is 15.9. The molecule has 0 fully saturated rings. The standard InChI is InChI=1S/C25H24N4O4/c1-14-5-7-16(8-6-14)24-28-20-13-18(12-19(23(20)29-24)26-15(2)30)27-25(31)17-9-10-21(32-3)22(11-17)33-4/h5-13H,1-4H3,(H,26,30)(H,27,31)(H,28,29). The van der Waals surface area contributed by atoms with Gasteiger partial charge in [-0.15, -0.1) is 0 Å². The predicted octanol–water partition coefficient (Wildman–Crippen LogP) is 4.77. The molecule has 1 heterocycles. The number of ether oxygens (including phenoxy) is 2. The van der Waals surface area contributed by atoms with E-state index < -0.39 is 0 Å². The number of benzene rings is 3. The van der Waals surface area contributed by atoms with Crippen molar-refractivity contribution in [2.24, 2.45) is 0 Å². The average Bonchev–Trinajstić information content (AvgIpc) is 3.23. The fourth-order valence-electron chi connectivity index (χ4n) is 3.50. The number of carbonyl (C=O) groups is 2. The number of rotatable bonds is 6. The molecule has 0 spiro atoms. The lowest BCUT2D eigenvalue weighted by molar-refractivity contribution is -0.114. The second-order valence-electron chi connectivity index (χ2n) is 7.58. The third-order valence-corrected chi connectivity index (χ3v) is 5.13. The summed E-state index contributed by atoms with van der Waals surface area (Å²) < 4.78 is 10.5. The van der Waals surface area contributed by atoms with Gasteiger partial charge < -0.3 is 25.1 Å². The van der Waals surface area contributed by atoms with E-state index in [0.717, 1.165) is 11.1 Å². The number of carbonyl (C=O) groups excluding carboxylic acids is 2. The van der Waals surface area contributed by atoms with Crippen molar-refractivity contribution in [1.29, 1.82) is 0 Å². The van der Waals surface area contributed by atoms with Crippen LogP contribution in [0.2, 0.25) is 0 Å². The molecule has 0 saturated heterocycles. The summed E-state index contributed by atoms with van der Waals surface area (Å²) in [6.07, 6.45) is 0. The van der Waals surface area contributed by atoms with Gasteiger partial charge in [-0.25, -0.2) is 4.98 Å². The monoisotopic (exact) mass is 444 g/mol. The lowest BCUT2D eigenvalue weighted by Crippen LogP contribution is -2.13. The number of anilines is 2. The van der Waals surface area contributed by atoms with Crippen LogP contribution >= 0.6 is 0 Å². The van der Waals surface area contributed by atoms with Crippen LogP contribution in [-0.2, 0) is 4.79 Å². The number of H-pyrrole nitrogens is 1. The van der Waals surface area contributed by atoms with Gasteiger partial charge in [0, 0.05) is 23.7 Å². The smallest absolute Gasteiger partial charge is 0.255 e. The van der Waals surface area contributed by atoms with Crippen LogP contribution in [0.5, 0.6) is 11.5 Å². The van der Waals surface area contributed by atoms with Crippen molar-refractivity contribution in [3.05, 3.63) is 65.7 Å². The molecule has 4 aromatic rings. The van der Waals surface area contributed by atoms with Crippen LogP contribution in [0.3, 0.4) is 0 Å². The molecule has 3 N–H and O–H groups in total. The quantitative estimate of drug-likeness (QED) is 0.397. The molecule has 0 bridgehead atoms. The van der Waals surface area contributed by atoms with Crippen molar-refractivity contribution in [3.63, 3.8) is 0 Å². The number of nitrogens with one attached hydrogen (secondary N) is 3. The zero-order valence-electron chi connectivity index (χ0n) is 18.8. The molecule has 8 heteroatoms. The van der Waals surface area contributed by atoms with Crippen molar-refractivity contribution in [2.45, 2.75) is 13.8 Å². The lowest BCUT2D eigenvalue weighted by Gasteiger charge is -2.11. The van der Waals surface area contributed by atoms with E-state index in [9.17, 15) is 9.59 Å². The van der Waals surface area contributed by atoms with Gasteiger partial charge in [-0.1, -0.05) is 29.8 Å². The van der Waals surface area contributed by atoms with E-state index in [1.54, 1.807) is 30.3 Å². The highest BCUT2D eigenvalue weighted by Crippen LogP contribution is 2.31. The van der Waals surface area contributed by atoms with Gasteiger partial charge in [0.1, 0.15) is 11.3 Å². The van der Waals surface area contributed by atoms with Gasteiger partial charge in [0.05, 0.1) is 25.4 Å². The van der Waals surface area contributed by atoms with Gasteiger partial charge in [0.2, 0.25) is 5.91 Å². The number of hydrogen-bond acceptors (Lipinski definition) is 5. The van der Waals surface area contributed by atoms with Gasteiger partial charge in [-0.3, -0.25) is 9.59 Å². The Kier molecular flexibility index (Phi) is 5.99. The van der Waals surface area contributed by atoms with Crippen molar-refractivity contribution in [1.82, 2.24) is 9.97 Å². The Morgan fingerprint density at radius 2 is 1.64 bits per heavy atom. The van der Waals surface area contributed by atoms with Crippen LogP contribution in [0.15, 0.2) is 54.6 Å². The minimum Gasteiger partial charge on any atom is -0.493 e. The molecule has 0 aliphatic heterocycles. The molecular formula is C25H24N4O4. The summed E-state index contributed by atoms with van der Waals surface area (Å²) >= 11 is 0. The van der Waals surface area contributed by atoms with Gasteiger partial charge in [0.25, 0.3) is 5.91 Å². The van der Waals surface area contributed by atoms with Gasteiger partial charge in [-0.05, 0) is 37.3 Å². The summed E-state index contributed by atoms with van der Waals surface area (Å²) in [5.74, 6) is 1.09. The summed E-state index contributed by atoms with van der Waals surface area (Å²) in [6.45, 7) is 3.44. The van der Waals surface area contributed by atoms with E-state index in [4.69, 9.17) is 9.47 Å². The molecule has 0 radical (unpaired) electrons. The maximum atomic E-state index is 12.9. The molecule has 2 amide bonds. The first-order valence-electron chi connectivity index (χ1n) is 10.3. The number of aromatic nitrogens is 2. The van der Waals surface area contributed by atoms with E-state index in [2.05, 4.69) is 20.6 Å². The Morgan fingerprint density at radius 3 is 2.30 bits per heavy atom. The Hall–Kier alpha value is -4.33. The normalized spacial score (nSPS) is 10.7. The highest BCUT2D eigenvalue weighted by molar-refractivity contribution is 6.07.